The van der Waals surface area contributed by atoms with Crippen molar-refractivity contribution in [1.82, 2.24) is 0 Å². The van der Waals surface area contributed by atoms with Crippen LogP contribution in [-0.2, 0) is 0 Å². The van der Waals surface area contributed by atoms with E-state index in [4.69, 9.17) is 14.2 Å². The van der Waals surface area contributed by atoms with Gasteiger partial charge < -0.3 is 14.2 Å². The lowest BCUT2D eigenvalue weighted by Crippen LogP contribution is -2.43. The largest absolute Gasteiger partial charge is 0.497 e. The van der Waals surface area contributed by atoms with E-state index in [1.165, 1.54) is 9.48 Å². The Morgan fingerprint density at radius 2 is 1.51 bits per heavy atom. The highest BCUT2D eigenvalue weighted by Crippen LogP contribution is 2.51. The van der Waals surface area contributed by atoms with Gasteiger partial charge in [0.25, 0.3) is 11.4 Å². The average molecular weight is 621 g/mol. The molecule has 0 bridgehead atoms. The molecule has 3 aliphatic rings. The molecule has 246 valence electrons. The molecule has 7 heteroatoms. The van der Waals surface area contributed by atoms with E-state index in [2.05, 4.69) is 96.1 Å². The summed E-state index contributed by atoms with van der Waals surface area (Å²) in [7, 11) is 1.64. The maximum atomic E-state index is 11.0. The quantitative estimate of drug-likeness (QED) is 0.257. The van der Waals surface area contributed by atoms with Crippen molar-refractivity contribution in [3.05, 3.63) is 47.5 Å². The minimum absolute atomic E-state index is 0.0359. The van der Waals surface area contributed by atoms with Gasteiger partial charge in [-0.3, -0.25) is 10.4 Å². The third kappa shape index (κ3) is 6.32. The molecule has 5 rings (SSSR count). The first-order chi connectivity index (χ1) is 20.7. The Kier molecular flexibility index (Phi) is 8.95. The van der Waals surface area contributed by atoms with Gasteiger partial charge in [-0.2, -0.15) is 0 Å². The van der Waals surface area contributed by atoms with Gasteiger partial charge >= 0.3 is 0 Å². The highest BCUT2D eigenvalue weighted by atomic mass is 16.7. The van der Waals surface area contributed by atoms with Crippen molar-refractivity contribution in [3.63, 3.8) is 0 Å². The fourth-order valence-electron chi connectivity index (χ4n) is 6.98. The predicted molar refractivity (Wildman–Crippen MR) is 181 cm³/mol. The third-order valence-corrected chi connectivity index (χ3v) is 10.2. The van der Waals surface area contributed by atoms with E-state index in [9.17, 15) is 10.4 Å². The zero-order chi connectivity index (χ0) is 33.9. The molecule has 0 aliphatic carbocycles. The Hall–Kier alpha value is -3.48. The van der Waals surface area contributed by atoms with Gasteiger partial charge in [0, 0.05) is 15.0 Å². The van der Waals surface area contributed by atoms with E-state index in [-0.39, 0.29) is 34.4 Å². The fraction of sp³-hybridized carbons (Fsp3) is 0.579. The standard InChI is InChI=1S/C20H30NO3.C18H26NO2/c1-8-19(4,5)13(3)20(6,7)18-12(2)14-9-16-17(24-11-23-16)10-15(14)21(18)22;1-17(2,3)11-14-13-9-8-12(21-7)10-15(13)19(20)16(14)18(4,5)6/h9-10,12-13,22H,8,11H2,1-7H3;8-11,20H,1-7H3/q2*+1/b;14-11-. The average Bonchev–Trinajstić information content (AvgIpc) is 3.59. The van der Waals surface area contributed by atoms with Crippen molar-refractivity contribution in [2.45, 2.75) is 102 Å². The number of nitrogens with zero attached hydrogens (tertiary/aromatic N) is 2. The number of hydrogen-bond acceptors (Lipinski definition) is 5. The molecule has 2 unspecified atom stereocenters. The first kappa shape index (κ1) is 34.4. The smallest absolute Gasteiger partial charge is 0.269 e. The molecule has 2 aromatic carbocycles. The zero-order valence-corrected chi connectivity index (χ0v) is 30.0. The van der Waals surface area contributed by atoms with Crippen LogP contribution in [0.25, 0.3) is 5.57 Å². The molecule has 2 atom stereocenters. The Morgan fingerprint density at radius 3 is 2.04 bits per heavy atom. The molecule has 3 heterocycles. The highest BCUT2D eigenvalue weighted by molar-refractivity contribution is 6.26. The van der Waals surface area contributed by atoms with E-state index in [1.54, 1.807) is 7.11 Å². The lowest BCUT2D eigenvalue weighted by atomic mass is 9.61. The van der Waals surface area contributed by atoms with E-state index < -0.39 is 0 Å². The molecule has 2 N–H and O–H groups in total. The molecule has 0 saturated carbocycles. The number of allylic oxidation sites excluding steroid dienone is 2. The van der Waals surface area contributed by atoms with Gasteiger partial charge in [-0.05, 0) is 55.7 Å². The summed E-state index contributed by atoms with van der Waals surface area (Å²) in [5.74, 6) is 2.79. The number of ether oxygens (including phenoxy) is 3. The first-order valence-electron chi connectivity index (χ1n) is 16.2. The molecule has 7 nitrogen and oxygen atoms in total. The lowest BCUT2D eigenvalue weighted by molar-refractivity contribution is -0.713. The van der Waals surface area contributed by atoms with Crippen molar-refractivity contribution < 1.29 is 34.1 Å². The Balaban J connectivity index is 0.000000207. The van der Waals surface area contributed by atoms with E-state index in [1.807, 2.05) is 30.3 Å². The molecule has 0 spiro atoms. The van der Waals surface area contributed by atoms with Crippen LogP contribution in [0.1, 0.15) is 113 Å². The van der Waals surface area contributed by atoms with Crippen molar-refractivity contribution in [2.24, 2.45) is 27.6 Å². The first-order valence-corrected chi connectivity index (χ1v) is 16.2. The number of hydrogen-bond donors (Lipinski definition) is 2. The van der Waals surface area contributed by atoms with Crippen LogP contribution in [0.4, 0.5) is 11.4 Å². The summed E-state index contributed by atoms with van der Waals surface area (Å²) in [6, 6.07) is 9.75. The molecule has 3 aliphatic heterocycles. The monoisotopic (exact) mass is 620 g/mol. The van der Waals surface area contributed by atoms with Gasteiger partial charge in [0.15, 0.2) is 11.5 Å². The van der Waals surface area contributed by atoms with Crippen LogP contribution < -0.4 is 14.2 Å². The molecule has 0 radical (unpaired) electrons. The van der Waals surface area contributed by atoms with Crippen molar-refractivity contribution >= 4 is 28.4 Å². The van der Waals surface area contributed by atoms with Crippen LogP contribution in [0.3, 0.4) is 0 Å². The molecular weight excluding hydrogens is 564 g/mol. The highest BCUT2D eigenvalue weighted by Gasteiger charge is 2.52. The van der Waals surface area contributed by atoms with Gasteiger partial charge in [-0.1, -0.05) is 81.7 Å². The molecule has 0 fully saturated rings. The molecule has 45 heavy (non-hydrogen) atoms. The SMILES string of the molecule is CCC(C)(C)C(C)C(C)(C)C1=[N+](O)c2cc3c(cc2C1C)OCO3.COc1ccc2c(c1)[N+](O)=C(C(C)(C)C)/C2=C\C(C)(C)C. The Bertz CT molecular complexity index is 1560. The fourth-order valence-corrected chi connectivity index (χ4v) is 6.98. The summed E-state index contributed by atoms with van der Waals surface area (Å²) in [5.41, 5.74) is 6.78. The summed E-state index contributed by atoms with van der Waals surface area (Å²) in [6.07, 6.45) is 3.34. The van der Waals surface area contributed by atoms with Gasteiger partial charge in [0.2, 0.25) is 18.2 Å². The van der Waals surface area contributed by atoms with Crippen LogP contribution in [0, 0.1) is 27.6 Å². The molecule has 2 aromatic rings. The van der Waals surface area contributed by atoms with E-state index in [0.29, 0.717) is 11.7 Å². The van der Waals surface area contributed by atoms with Gasteiger partial charge in [0.1, 0.15) is 5.75 Å². The minimum atomic E-state index is -0.155. The second kappa shape index (κ2) is 11.7. The number of rotatable bonds is 5. The molecular formula is C38H56N2O5+2. The summed E-state index contributed by atoms with van der Waals surface area (Å²) >= 11 is 0. The topological polar surface area (TPSA) is 74.2 Å². The maximum Gasteiger partial charge on any atom is 0.269 e. The maximum absolute atomic E-state index is 11.0. The van der Waals surface area contributed by atoms with Crippen LogP contribution in [0.15, 0.2) is 36.4 Å². The van der Waals surface area contributed by atoms with Crippen LogP contribution in [-0.4, -0.2) is 45.2 Å². The normalized spacial score (nSPS) is 19.4. The molecule has 0 aromatic heterocycles. The molecule has 0 amide bonds. The second-order valence-corrected chi connectivity index (χ2v) is 16.2. The van der Waals surface area contributed by atoms with Crippen molar-refractivity contribution in [3.8, 4) is 17.2 Å². The summed E-state index contributed by atoms with van der Waals surface area (Å²) in [5, 5.41) is 21.6. The predicted octanol–water partition coefficient (Wildman–Crippen LogP) is 9.76. The Morgan fingerprint density at radius 1 is 0.911 bits per heavy atom. The number of fused-ring (bicyclic) bond motifs is 3. The van der Waals surface area contributed by atoms with Crippen LogP contribution >= 0.6 is 0 Å². The summed E-state index contributed by atoms with van der Waals surface area (Å²) in [6.45, 7) is 28.9. The van der Waals surface area contributed by atoms with Gasteiger partial charge in [-0.25, -0.2) is 0 Å². The third-order valence-electron chi connectivity index (χ3n) is 10.2. The molecule has 0 saturated heterocycles. The number of benzene rings is 2. The minimum Gasteiger partial charge on any atom is -0.497 e. The van der Waals surface area contributed by atoms with Gasteiger partial charge in [0.05, 0.1) is 47.1 Å². The van der Waals surface area contributed by atoms with E-state index >= 15 is 0 Å². The summed E-state index contributed by atoms with van der Waals surface area (Å²) in [4.78, 5) is 0. The van der Waals surface area contributed by atoms with Crippen molar-refractivity contribution in [2.75, 3.05) is 13.9 Å². The van der Waals surface area contributed by atoms with Crippen LogP contribution in [0.5, 0.6) is 17.2 Å². The lowest BCUT2D eigenvalue weighted by Gasteiger charge is -2.41. The zero-order valence-electron chi connectivity index (χ0n) is 30.0. The van der Waals surface area contributed by atoms with Gasteiger partial charge in [-0.15, -0.1) is 0 Å². The van der Waals surface area contributed by atoms with Crippen LogP contribution in [0.2, 0.25) is 0 Å². The second-order valence-electron chi connectivity index (χ2n) is 16.2. The van der Waals surface area contributed by atoms with Crippen molar-refractivity contribution in [1.29, 1.82) is 0 Å². The Labute approximate surface area is 270 Å². The number of methoxy groups -OCH3 is 1. The van der Waals surface area contributed by atoms with E-state index in [0.717, 1.165) is 57.4 Å². The summed E-state index contributed by atoms with van der Waals surface area (Å²) < 4.78 is 19.0.